The first-order valence-corrected chi connectivity index (χ1v) is 6.12. The molecule has 1 rings (SSSR count). The molecule has 88 valence electrons. The number of nitrogens with one attached hydrogen (secondary N) is 1. The van der Waals surface area contributed by atoms with Crippen LogP contribution >= 0.6 is 11.3 Å². The lowest BCUT2D eigenvalue weighted by Gasteiger charge is -2.03. The Morgan fingerprint density at radius 3 is 2.81 bits per heavy atom. The van der Waals surface area contributed by atoms with Crippen LogP contribution in [0.5, 0.6) is 0 Å². The van der Waals surface area contributed by atoms with E-state index in [0.29, 0.717) is 25.8 Å². The lowest BCUT2D eigenvalue weighted by molar-refractivity contribution is -0.137. The van der Waals surface area contributed by atoms with E-state index in [1.165, 1.54) is 0 Å². The Morgan fingerprint density at radius 1 is 1.38 bits per heavy atom. The number of unbranched alkanes of at least 4 members (excludes halogenated alkanes) is 1. The van der Waals surface area contributed by atoms with Crippen molar-refractivity contribution in [1.29, 1.82) is 0 Å². The van der Waals surface area contributed by atoms with E-state index in [2.05, 4.69) is 5.32 Å². The third-order valence-corrected chi connectivity index (χ3v) is 2.82. The standard InChI is InChI=1S/C11H15NO3S/c13-10(7-9-4-6-16-8-9)12-5-2-1-3-11(14)15/h4,6,8H,1-3,5,7H2,(H,12,13)(H,14,15). The smallest absolute Gasteiger partial charge is 0.303 e. The molecular weight excluding hydrogens is 226 g/mol. The molecule has 16 heavy (non-hydrogen) atoms. The van der Waals surface area contributed by atoms with Crippen molar-refractivity contribution in [2.75, 3.05) is 6.54 Å². The maximum absolute atomic E-state index is 11.4. The molecule has 0 unspecified atom stereocenters. The zero-order valence-corrected chi connectivity index (χ0v) is 9.76. The van der Waals surface area contributed by atoms with Crippen LogP contribution in [0.4, 0.5) is 0 Å². The second kappa shape index (κ2) is 7.00. The highest BCUT2D eigenvalue weighted by Gasteiger charge is 2.03. The summed E-state index contributed by atoms with van der Waals surface area (Å²) < 4.78 is 0. The number of thiophene rings is 1. The van der Waals surface area contributed by atoms with E-state index in [0.717, 1.165) is 5.56 Å². The van der Waals surface area contributed by atoms with Crippen LogP contribution in [-0.4, -0.2) is 23.5 Å². The summed E-state index contributed by atoms with van der Waals surface area (Å²) in [7, 11) is 0. The van der Waals surface area contributed by atoms with Gasteiger partial charge in [-0.3, -0.25) is 9.59 Å². The lowest BCUT2D eigenvalue weighted by Crippen LogP contribution is -2.25. The second-order valence-corrected chi connectivity index (χ2v) is 4.29. The highest BCUT2D eigenvalue weighted by Crippen LogP contribution is 2.06. The van der Waals surface area contributed by atoms with Gasteiger partial charge in [-0.25, -0.2) is 0 Å². The summed E-state index contributed by atoms with van der Waals surface area (Å²) in [6.07, 6.45) is 1.89. The van der Waals surface area contributed by atoms with Crippen LogP contribution in [0.1, 0.15) is 24.8 Å². The van der Waals surface area contributed by atoms with Crippen LogP contribution in [0.3, 0.4) is 0 Å². The van der Waals surface area contributed by atoms with Gasteiger partial charge in [-0.2, -0.15) is 11.3 Å². The Labute approximate surface area is 98.3 Å². The molecule has 0 saturated carbocycles. The van der Waals surface area contributed by atoms with Gasteiger partial charge in [-0.1, -0.05) is 0 Å². The van der Waals surface area contributed by atoms with E-state index in [4.69, 9.17) is 5.11 Å². The van der Waals surface area contributed by atoms with Gasteiger partial charge in [0, 0.05) is 13.0 Å². The quantitative estimate of drug-likeness (QED) is 0.713. The molecule has 0 bridgehead atoms. The van der Waals surface area contributed by atoms with Crippen LogP contribution < -0.4 is 5.32 Å². The van der Waals surface area contributed by atoms with Gasteiger partial charge in [-0.05, 0) is 35.2 Å². The summed E-state index contributed by atoms with van der Waals surface area (Å²) in [5.74, 6) is -0.793. The minimum Gasteiger partial charge on any atom is -0.481 e. The molecule has 2 N–H and O–H groups in total. The number of carboxylic acids is 1. The molecule has 0 atom stereocenters. The van der Waals surface area contributed by atoms with E-state index >= 15 is 0 Å². The molecule has 5 heteroatoms. The number of rotatable bonds is 7. The highest BCUT2D eigenvalue weighted by molar-refractivity contribution is 7.07. The van der Waals surface area contributed by atoms with Crippen molar-refractivity contribution in [1.82, 2.24) is 5.32 Å². The van der Waals surface area contributed by atoms with Crippen molar-refractivity contribution in [3.63, 3.8) is 0 Å². The van der Waals surface area contributed by atoms with Gasteiger partial charge in [-0.15, -0.1) is 0 Å². The summed E-state index contributed by atoms with van der Waals surface area (Å²) in [5, 5.41) is 15.1. The van der Waals surface area contributed by atoms with Crippen molar-refractivity contribution in [3.8, 4) is 0 Å². The first kappa shape index (κ1) is 12.7. The lowest BCUT2D eigenvalue weighted by atomic mass is 10.2. The minimum atomic E-state index is -0.787. The van der Waals surface area contributed by atoms with E-state index < -0.39 is 5.97 Å². The Morgan fingerprint density at radius 2 is 2.19 bits per heavy atom. The number of carboxylic acid groups (broad SMARTS) is 1. The van der Waals surface area contributed by atoms with Crippen molar-refractivity contribution >= 4 is 23.2 Å². The number of amides is 1. The van der Waals surface area contributed by atoms with Crippen molar-refractivity contribution < 1.29 is 14.7 Å². The van der Waals surface area contributed by atoms with Gasteiger partial charge in [0.25, 0.3) is 0 Å². The topological polar surface area (TPSA) is 66.4 Å². The molecule has 1 aromatic rings. The number of carbonyl (C=O) groups is 2. The molecule has 4 nitrogen and oxygen atoms in total. The van der Waals surface area contributed by atoms with Gasteiger partial charge in [0.15, 0.2) is 0 Å². The number of aliphatic carboxylic acids is 1. The van der Waals surface area contributed by atoms with Crippen LogP contribution in [0.25, 0.3) is 0 Å². The predicted octanol–water partition coefficient (Wildman–Crippen LogP) is 1.66. The van der Waals surface area contributed by atoms with Crippen LogP contribution in [0, 0.1) is 0 Å². The molecule has 0 radical (unpaired) electrons. The van der Waals surface area contributed by atoms with Crippen molar-refractivity contribution in [3.05, 3.63) is 22.4 Å². The fourth-order valence-electron chi connectivity index (χ4n) is 1.27. The molecule has 1 heterocycles. The van der Waals surface area contributed by atoms with Gasteiger partial charge in [0.2, 0.25) is 5.91 Å². The number of hydrogen-bond donors (Lipinski definition) is 2. The molecule has 1 amide bonds. The Bertz CT molecular complexity index is 335. The first-order chi connectivity index (χ1) is 7.68. The van der Waals surface area contributed by atoms with E-state index in [9.17, 15) is 9.59 Å². The molecule has 0 fully saturated rings. The summed E-state index contributed by atoms with van der Waals surface area (Å²) in [6.45, 7) is 0.552. The minimum absolute atomic E-state index is 0.00581. The Balaban J connectivity index is 2.05. The fraction of sp³-hybridized carbons (Fsp3) is 0.455. The summed E-state index contributed by atoms with van der Waals surface area (Å²) in [6, 6.07) is 1.93. The Hall–Kier alpha value is -1.36. The molecule has 0 aromatic carbocycles. The first-order valence-electron chi connectivity index (χ1n) is 5.18. The van der Waals surface area contributed by atoms with E-state index in [1.54, 1.807) is 11.3 Å². The number of hydrogen-bond acceptors (Lipinski definition) is 3. The monoisotopic (exact) mass is 241 g/mol. The summed E-state index contributed by atoms with van der Waals surface area (Å²) in [5.41, 5.74) is 1.02. The molecule has 0 spiro atoms. The average Bonchev–Trinajstić information content (AvgIpc) is 2.69. The maximum atomic E-state index is 11.4. The zero-order valence-electron chi connectivity index (χ0n) is 8.94. The molecule has 0 saturated heterocycles. The molecule has 0 aliphatic heterocycles. The van der Waals surface area contributed by atoms with E-state index in [-0.39, 0.29) is 12.3 Å². The zero-order chi connectivity index (χ0) is 11.8. The average molecular weight is 241 g/mol. The van der Waals surface area contributed by atoms with Crippen LogP contribution in [0.15, 0.2) is 16.8 Å². The number of carbonyl (C=O) groups excluding carboxylic acids is 1. The van der Waals surface area contributed by atoms with Crippen LogP contribution in [0.2, 0.25) is 0 Å². The third kappa shape index (κ3) is 5.50. The second-order valence-electron chi connectivity index (χ2n) is 3.51. The fourth-order valence-corrected chi connectivity index (χ4v) is 1.94. The molecule has 0 aliphatic carbocycles. The molecule has 1 aromatic heterocycles. The Kier molecular flexibility index (Phi) is 5.56. The van der Waals surface area contributed by atoms with Crippen LogP contribution in [-0.2, 0) is 16.0 Å². The third-order valence-electron chi connectivity index (χ3n) is 2.08. The largest absolute Gasteiger partial charge is 0.481 e. The summed E-state index contributed by atoms with van der Waals surface area (Å²) >= 11 is 1.57. The predicted molar refractivity (Wildman–Crippen MR) is 62.5 cm³/mol. The highest BCUT2D eigenvalue weighted by atomic mass is 32.1. The van der Waals surface area contributed by atoms with Gasteiger partial charge in [0.1, 0.15) is 0 Å². The SMILES string of the molecule is O=C(O)CCCCNC(=O)Cc1ccsc1. The van der Waals surface area contributed by atoms with Gasteiger partial charge < -0.3 is 10.4 Å². The van der Waals surface area contributed by atoms with Gasteiger partial charge in [0.05, 0.1) is 6.42 Å². The maximum Gasteiger partial charge on any atom is 0.303 e. The van der Waals surface area contributed by atoms with E-state index in [1.807, 2.05) is 16.8 Å². The molecular formula is C11H15NO3S. The van der Waals surface area contributed by atoms with Gasteiger partial charge >= 0.3 is 5.97 Å². The summed E-state index contributed by atoms with van der Waals surface area (Å²) in [4.78, 5) is 21.6. The molecule has 0 aliphatic rings. The van der Waals surface area contributed by atoms with Crippen molar-refractivity contribution in [2.24, 2.45) is 0 Å². The van der Waals surface area contributed by atoms with Crippen molar-refractivity contribution in [2.45, 2.75) is 25.7 Å². The normalized spacial score (nSPS) is 10.0.